The minimum Gasteiger partial charge on any atom is -1.00 e. The van der Waals surface area contributed by atoms with Crippen molar-refractivity contribution in [1.29, 1.82) is 0 Å². The Morgan fingerprint density at radius 3 is 1.88 bits per heavy atom. The first-order valence-electron chi connectivity index (χ1n) is 2.10. The zero-order valence-corrected chi connectivity index (χ0v) is 5.89. The van der Waals surface area contributed by atoms with Crippen LogP contribution in [0.15, 0.2) is 30.3 Å². The van der Waals surface area contributed by atoms with Gasteiger partial charge in [-0.25, -0.2) is 4.39 Å². The monoisotopic (exact) mass is 122 g/mol. The molecule has 0 saturated carbocycles. The molecule has 0 bridgehead atoms. The first-order valence-corrected chi connectivity index (χ1v) is 2.10. The summed E-state index contributed by atoms with van der Waals surface area (Å²) in [5.41, 5.74) is 0. The molecular formula is C6H7FMg. The molecule has 0 aliphatic carbocycles. The Balaban J connectivity index is -0.000000163. The molecule has 0 atom stereocenters. The largest absolute Gasteiger partial charge is 2.00 e. The van der Waals surface area contributed by atoms with Crippen LogP contribution in [0, 0.1) is 5.82 Å². The van der Waals surface area contributed by atoms with Gasteiger partial charge in [-0.05, 0) is 12.1 Å². The van der Waals surface area contributed by atoms with Gasteiger partial charge in [-0.15, -0.1) is 0 Å². The van der Waals surface area contributed by atoms with E-state index in [9.17, 15) is 4.39 Å². The van der Waals surface area contributed by atoms with Gasteiger partial charge in [0.2, 0.25) is 0 Å². The summed E-state index contributed by atoms with van der Waals surface area (Å²) in [6, 6.07) is 7.94. The molecule has 0 amide bonds. The number of hydrogen-bond donors (Lipinski definition) is 0. The average molecular weight is 122 g/mol. The molecular weight excluding hydrogens is 115 g/mol. The van der Waals surface area contributed by atoms with Crippen LogP contribution >= 0.6 is 0 Å². The first-order chi connectivity index (χ1) is 3.39. The minimum atomic E-state index is -0.178. The van der Waals surface area contributed by atoms with Crippen molar-refractivity contribution in [3.05, 3.63) is 36.1 Å². The molecule has 0 N–H and O–H groups in total. The van der Waals surface area contributed by atoms with Crippen molar-refractivity contribution in [1.82, 2.24) is 0 Å². The van der Waals surface area contributed by atoms with Crippen LogP contribution in [0.4, 0.5) is 4.39 Å². The van der Waals surface area contributed by atoms with Gasteiger partial charge in [0, 0.05) is 0 Å². The molecule has 2 heteroatoms. The summed E-state index contributed by atoms with van der Waals surface area (Å²) in [7, 11) is 0. The average Bonchev–Trinajstić information content (AvgIpc) is 1.69. The van der Waals surface area contributed by atoms with E-state index in [2.05, 4.69) is 0 Å². The van der Waals surface area contributed by atoms with E-state index in [1.54, 1.807) is 18.2 Å². The van der Waals surface area contributed by atoms with E-state index in [0.29, 0.717) is 0 Å². The smallest absolute Gasteiger partial charge is 1.00 e. The van der Waals surface area contributed by atoms with Crippen LogP contribution in [-0.4, -0.2) is 23.1 Å². The van der Waals surface area contributed by atoms with Gasteiger partial charge in [-0.2, -0.15) is 0 Å². The maximum Gasteiger partial charge on any atom is 2.00 e. The van der Waals surface area contributed by atoms with Crippen LogP contribution in [0.3, 0.4) is 0 Å². The topological polar surface area (TPSA) is 0 Å². The van der Waals surface area contributed by atoms with E-state index in [1.807, 2.05) is 0 Å². The van der Waals surface area contributed by atoms with Crippen LogP contribution < -0.4 is 0 Å². The van der Waals surface area contributed by atoms with Gasteiger partial charge < -0.3 is 2.85 Å². The molecule has 1 rings (SSSR count). The van der Waals surface area contributed by atoms with Crippen molar-refractivity contribution >= 4 is 23.1 Å². The zero-order chi connectivity index (χ0) is 5.11. The third kappa shape index (κ3) is 2.28. The summed E-state index contributed by atoms with van der Waals surface area (Å²) < 4.78 is 11.9. The summed E-state index contributed by atoms with van der Waals surface area (Å²) in [4.78, 5) is 0. The Labute approximate surface area is 66.8 Å². The summed E-state index contributed by atoms with van der Waals surface area (Å²) in [5.74, 6) is -0.178. The Bertz CT molecular complexity index is 146. The zero-order valence-electron chi connectivity index (χ0n) is 6.47. The third-order valence-corrected chi connectivity index (χ3v) is 0.733. The molecule has 8 heavy (non-hydrogen) atoms. The van der Waals surface area contributed by atoms with Gasteiger partial charge in [0.05, 0.1) is 0 Å². The van der Waals surface area contributed by atoms with E-state index in [1.165, 1.54) is 12.1 Å². The van der Waals surface area contributed by atoms with Crippen molar-refractivity contribution in [2.45, 2.75) is 0 Å². The Kier molecular flexibility index (Phi) is 3.82. The number of halogens is 1. The Hall–Kier alpha value is -0.0838. The quantitative estimate of drug-likeness (QED) is 0.459. The van der Waals surface area contributed by atoms with Crippen molar-refractivity contribution in [2.24, 2.45) is 0 Å². The molecule has 0 nitrogen and oxygen atoms in total. The van der Waals surface area contributed by atoms with E-state index < -0.39 is 0 Å². The SMILES string of the molecule is Fc1ccccc1.[H-].[H-].[Mg+2]. The predicted molar refractivity (Wildman–Crippen MR) is 34.4 cm³/mol. The van der Waals surface area contributed by atoms with Gasteiger partial charge in [0.15, 0.2) is 0 Å². The van der Waals surface area contributed by atoms with Crippen LogP contribution in [0.25, 0.3) is 0 Å². The van der Waals surface area contributed by atoms with Gasteiger partial charge in [-0.1, -0.05) is 18.2 Å². The molecule has 40 valence electrons. The van der Waals surface area contributed by atoms with Crippen molar-refractivity contribution < 1.29 is 7.24 Å². The van der Waals surface area contributed by atoms with E-state index in [0.717, 1.165) is 0 Å². The van der Waals surface area contributed by atoms with E-state index >= 15 is 0 Å². The van der Waals surface area contributed by atoms with E-state index in [-0.39, 0.29) is 31.7 Å². The minimum absolute atomic E-state index is 0. The number of rotatable bonds is 0. The van der Waals surface area contributed by atoms with Crippen molar-refractivity contribution in [3.63, 3.8) is 0 Å². The van der Waals surface area contributed by atoms with Gasteiger partial charge in [0.25, 0.3) is 0 Å². The summed E-state index contributed by atoms with van der Waals surface area (Å²) in [5, 5.41) is 0. The fraction of sp³-hybridized carbons (Fsp3) is 0. The standard InChI is InChI=1S/C6H5F.Mg.2H/c7-6-4-2-1-3-5-6;;;/h1-5H;;;/q;+2;2*-1. The summed E-state index contributed by atoms with van der Waals surface area (Å²) >= 11 is 0. The number of hydrogen-bond acceptors (Lipinski definition) is 0. The normalized spacial score (nSPS) is 7.62. The second-order valence-electron chi connectivity index (χ2n) is 1.30. The Morgan fingerprint density at radius 1 is 1.12 bits per heavy atom. The fourth-order valence-corrected chi connectivity index (χ4v) is 0.415. The number of benzene rings is 1. The molecule has 0 aromatic heterocycles. The van der Waals surface area contributed by atoms with Gasteiger partial charge >= 0.3 is 23.1 Å². The van der Waals surface area contributed by atoms with Gasteiger partial charge in [-0.3, -0.25) is 0 Å². The predicted octanol–water partition coefficient (Wildman–Crippen LogP) is 1.67. The molecule has 0 aliphatic heterocycles. The van der Waals surface area contributed by atoms with Crippen LogP contribution in [-0.2, 0) is 0 Å². The van der Waals surface area contributed by atoms with Crippen LogP contribution in [0.5, 0.6) is 0 Å². The molecule has 0 heterocycles. The van der Waals surface area contributed by atoms with Crippen molar-refractivity contribution in [3.8, 4) is 0 Å². The van der Waals surface area contributed by atoms with Crippen LogP contribution in [0.1, 0.15) is 2.85 Å². The molecule has 0 saturated heterocycles. The molecule has 0 spiro atoms. The fourth-order valence-electron chi connectivity index (χ4n) is 0.415. The molecule has 0 radical (unpaired) electrons. The molecule has 0 aliphatic rings. The third-order valence-electron chi connectivity index (χ3n) is 0.733. The first kappa shape index (κ1) is 7.92. The summed E-state index contributed by atoms with van der Waals surface area (Å²) in [6.07, 6.45) is 0. The second kappa shape index (κ2) is 3.86. The second-order valence-corrected chi connectivity index (χ2v) is 1.30. The van der Waals surface area contributed by atoms with Crippen LogP contribution in [0.2, 0.25) is 0 Å². The van der Waals surface area contributed by atoms with E-state index in [4.69, 9.17) is 0 Å². The molecule has 0 fully saturated rings. The maximum atomic E-state index is 11.9. The van der Waals surface area contributed by atoms with Gasteiger partial charge in [0.1, 0.15) is 5.82 Å². The maximum absolute atomic E-state index is 11.9. The molecule has 1 aromatic carbocycles. The Morgan fingerprint density at radius 2 is 1.62 bits per heavy atom. The molecule has 0 unspecified atom stereocenters. The van der Waals surface area contributed by atoms with Crippen molar-refractivity contribution in [2.75, 3.05) is 0 Å². The molecule has 1 aromatic rings. The summed E-state index contributed by atoms with van der Waals surface area (Å²) in [6.45, 7) is 0.